The van der Waals surface area contributed by atoms with Gasteiger partial charge in [0, 0.05) is 31.9 Å². The molecule has 2 heterocycles. The van der Waals surface area contributed by atoms with Crippen LogP contribution in [0, 0.1) is 0 Å². The van der Waals surface area contributed by atoms with Gasteiger partial charge in [0.1, 0.15) is 0 Å². The van der Waals surface area contributed by atoms with Crippen molar-refractivity contribution in [2.75, 3.05) is 33.7 Å². The van der Waals surface area contributed by atoms with Crippen LogP contribution < -0.4 is 0 Å². The van der Waals surface area contributed by atoms with E-state index in [2.05, 4.69) is 4.98 Å². The summed E-state index contributed by atoms with van der Waals surface area (Å²) in [5.74, 6) is 0.114. The lowest BCUT2D eigenvalue weighted by atomic mass is 10.0. The van der Waals surface area contributed by atoms with Crippen molar-refractivity contribution in [2.45, 2.75) is 24.9 Å². The van der Waals surface area contributed by atoms with Gasteiger partial charge in [-0.2, -0.15) is 0 Å². The molecule has 110 valence electrons. The van der Waals surface area contributed by atoms with E-state index in [0.29, 0.717) is 38.9 Å². The predicted octanol–water partition coefficient (Wildman–Crippen LogP) is 0.539. The first kappa shape index (κ1) is 14.9. The fourth-order valence-electron chi connectivity index (χ4n) is 2.74. The second-order valence-corrected chi connectivity index (χ2v) is 5.89. The number of hydrogen-bond acceptors (Lipinski definition) is 4. The molecule has 1 aromatic heterocycles. The van der Waals surface area contributed by atoms with Gasteiger partial charge in [-0.3, -0.25) is 9.78 Å². The van der Waals surface area contributed by atoms with Crippen LogP contribution in [-0.2, 0) is 11.2 Å². The molecule has 0 spiro atoms. The number of aliphatic hydroxyl groups is 1. The number of amides is 1. The lowest BCUT2D eigenvalue weighted by Crippen LogP contribution is -2.43. The molecular weight excluding hydrogens is 254 g/mol. The summed E-state index contributed by atoms with van der Waals surface area (Å²) in [7, 11) is 3.87. The quantitative estimate of drug-likeness (QED) is 0.853. The molecule has 1 N–H and O–H groups in total. The van der Waals surface area contributed by atoms with Crippen LogP contribution in [0.5, 0.6) is 0 Å². The van der Waals surface area contributed by atoms with Gasteiger partial charge in [-0.15, -0.1) is 0 Å². The maximum absolute atomic E-state index is 12.2. The van der Waals surface area contributed by atoms with Crippen molar-refractivity contribution in [1.29, 1.82) is 0 Å². The third-order valence-corrected chi connectivity index (χ3v) is 3.65. The molecule has 1 aliphatic heterocycles. The first-order chi connectivity index (χ1) is 9.48. The minimum atomic E-state index is -0.756. The molecule has 0 aliphatic carbocycles. The van der Waals surface area contributed by atoms with Gasteiger partial charge in [0.05, 0.1) is 12.1 Å². The van der Waals surface area contributed by atoms with Crippen molar-refractivity contribution < 1.29 is 9.90 Å². The summed E-state index contributed by atoms with van der Waals surface area (Å²) in [6.45, 7) is 1.69. The lowest BCUT2D eigenvalue weighted by Gasteiger charge is -2.26. The Balaban J connectivity index is 1.82. The Morgan fingerprint density at radius 3 is 3.00 bits per heavy atom. The number of carbonyl (C=O) groups excluding carboxylic acids is 1. The summed E-state index contributed by atoms with van der Waals surface area (Å²) in [5.41, 5.74) is 0.316. The number of carbonyl (C=O) groups is 1. The SMILES string of the molecule is CN(C)C[C@]1(O)CCN(C(=O)CCc2cccnc2)C1. The molecule has 5 heteroatoms. The van der Waals surface area contributed by atoms with E-state index in [4.69, 9.17) is 0 Å². The zero-order valence-electron chi connectivity index (χ0n) is 12.2. The third-order valence-electron chi connectivity index (χ3n) is 3.65. The first-order valence-corrected chi connectivity index (χ1v) is 7.02. The van der Waals surface area contributed by atoms with E-state index < -0.39 is 5.60 Å². The number of hydrogen-bond donors (Lipinski definition) is 1. The molecule has 20 heavy (non-hydrogen) atoms. The molecule has 1 atom stereocenters. The van der Waals surface area contributed by atoms with Crippen molar-refractivity contribution in [3.63, 3.8) is 0 Å². The third kappa shape index (κ3) is 4.02. The Kier molecular flexibility index (Phi) is 4.73. The van der Waals surface area contributed by atoms with E-state index in [9.17, 15) is 9.90 Å². The van der Waals surface area contributed by atoms with Crippen LogP contribution in [0.25, 0.3) is 0 Å². The molecule has 2 rings (SSSR count). The number of likely N-dealkylation sites (tertiary alicyclic amines) is 1. The number of rotatable bonds is 5. The summed E-state index contributed by atoms with van der Waals surface area (Å²) in [4.78, 5) is 20.0. The monoisotopic (exact) mass is 277 g/mol. The summed E-state index contributed by atoms with van der Waals surface area (Å²) >= 11 is 0. The van der Waals surface area contributed by atoms with Crippen LogP contribution in [0.4, 0.5) is 0 Å². The number of pyridine rings is 1. The zero-order valence-corrected chi connectivity index (χ0v) is 12.2. The van der Waals surface area contributed by atoms with Crippen molar-refractivity contribution in [1.82, 2.24) is 14.8 Å². The zero-order chi connectivity index (χ0) is 14.6. The molecule has 1 fully saturated rings. The second kappa shape index (κ2) is 6.33. The van der Waals surface area contributed by atoms with Crippen molar-refractivity contribution >= 4 is 5.91 Å². The van der Waals surface area contributed by atoms with Gasteiger partial charge >= 0.3 is 0 Å². The van der Waals surface area contributed by atoms with Crippen LogP contribution in [0.15, 0.2) is 24.5 Å². The Morgan fingerprint density at radius 2 is 2.35 bits per heavy atom. The Labute approximate surface area is 120 Å². The molecule has 0 aromatic carbocycles. The van der Waals surface area contributed by atoms with Gasteiger partial charge < -0.3 is 14.9 Å². The van der Waals surface area contributed by atoms with E-state index in [-0.39, 0.29) is 5.91 Å². The molecule has 1 saturated heterocycles. The summed E-state index contributed by atoms with van der Waals surface area (Å²) in [6, 6.07) is 3.86. The molecule has 5 nitrogen and oxygen atoms in total. The fraction of sp³-hybridized carbons (Fsp3) is 0.600. The maximum Gasteiger partial charge on any atom is 0.223 e. The average Bonchev–Trinajstić information content (AvgIpc) is 2.78. The number of aromatic nitrogens is 1. The van der Waals surface area contributed by atoms with E-state index in [0.717, 1.165) is 5.56 Å². The molecule has 0 radical (unpaired) electrons. The molecule has 1 aromatic rings. The normalized spacial score (nSPS) is 22.5. The minimum absolute atomic E-state index is 0.114. The van der Waals surface area contributed by atoms with Crippen molar-refractivity contribution in [3.8, 4) is 0 Å². The fourth-order valence-corrected chi connectivity index (χ4v) is 2.74. The summed E-state index contributed by atoms with van der Waals surface area (Å²) in [6.07, 6.45) is 5.36. The minimum Gasteiger partial charge on any atom is -0.387 e. The molecule has 0 unspecified atom stereocenters. The van der Waals surface area contributed by atoms with Crippen LogP contribution >= 0.6 is 0 Å². The van der Waals surface area contributed by atoms with Gasteiger partial charge in [0.15, 0.2) is 0 Å². The summed E-state index contributed by atoms with van der Waals surface area (Å²) in [5, 5.41) is 10.4. The highest BCUT2D eigenvalue weighted by atomic mass is 16.3. The number of β-amino-alcohol motifs (C(OH)–C–C–N with tert-alkyl or cyclic N) is 1. The van der Waals surface area contributed by atoms with Crippen LogP contribution in [0.2, 0.25) is 0 Å². The predicted molar refractivity (Wildman–Crippen MR) is 77.3 cm³/mol. The van der Waals surface area contributed by atoms with E-state index in [1.165, 1.54) is 0 Å². The molecule has 1 amide bonds. The Morgan fingerprint density at radius 1 is 1.55 bits per heavy atom. The van der Waals surface area contributed by atoms with E-state index in [1.54, 1.807) is 17.3 Å². The largest absolute Gasteiger partial charge is 0.387 e. The lowest BCUT2D eigenvalue weighted by molar-refractivity contribution is -0.131. The molecular formula is C15H23N3O2. The van der Waals surface area contributed by atoms with Gasteiger partial charge in [-0.25, -0.2) is 0 Å². The van der Waals surface area contributed by atoms with Gasteiger partial charge in [-0.05, 0) is 38.6 Å². The Bertz CT molecular complexity index is 450. The molecule has 0 saturated carbocycles. The maximum atomic E-state index is 12.2. The van der Waals surface area contributed by atoms with E-state index >= 15 is 0 Å². The van der Waals surface area contributed by atoms with Crippen LogP contribution in [-0.4, -0.2) is 65.1 Å². The smallest absolute Gasteiger partial charge is 0.223 e. The van der Waals surface area contributed by atoms with Crippen LogP contribution in [0.3, 0.4) is 0 Å². The van der Waals surface area contributed by atoms with Crippen LogP contribution in [0.1, 0.15) is 18.4 Å². The van der Waals surface area contributed by atoms with Gasteiger partial charge in [0.25, 0.3) is 0 Å². The topological polar surface area (TPSA) is 56.7 Å². The molecule has 1 aliphatic rings. The summed E-state index contributed by atoms with van der Waals surface area (Å²) < 4.78 is 0. The highest BCUT2D eigenvalue weighted by molar-refractivity contribution is 5.76. The number of likely N-dealkylation sites (N-methyl/N-ethyl adjacent to an activating group) is 1. The molecule has 0 bridgehead atoms. The van der Waals surface area contributed by atoms with Crippen molar-refractivity contribution in [3.05, 3.63) is 30.1 Å². The van der Waals surface area contributed by atoms with Gasteiger partial charge in [-0.1, -0.05) is 6.07 Å². The average molecular weight is 277 g/mol. The van der Waals surface area contributed by atoms with Crippen molar-refractivity contribution in [2.24, 2.45) is 0 Å². The second-order valence-electron chi connectivity index (χ2n) is 5.89. The highest BCUT2D eigenvalue weighted by Crippen LogP contribution is 2.22. The first-order valence-electron chi connectivity index (χ1n) is 7.02. The number of nitrogens with zero attached hydrogens (tertiary/aromatic N) is 3. The van der Waals surface area contributed by atoms with Gasteiger partial charge in [0.2, 0.25) is 5.91 Å². The highest BCUT2D eigenvalue weighted by Gasteiger charge is 2.38. The van der Waals surface area contributed by atoms with E-state index in [1.807, 2.05) is 31.1 Å². The number of aryl methyl sites for hydroxylation is 1. The standard InChI is InChI=1S/C15H23N3O2/c1-17(2)11-15(20)7-9-18(12-15)14(19)6-5-13-4-3-8-16-10-13/h3-4,8,10,20H,5-7,9,11-12H2,1-2H3/t15-/m1/s1. The Hall–Kier alpha value is -1.46.